The van der Waals surface area contributed by atoms with Crippen molar-refractivity contribution in [1.82, 2.24) is 5.32 Å². The minimum absolute atomic E-state index is 0.563. The highest BCUT2D eigenvalue weighted by Gasteiger charge is 2.02. The Balaban J connectivity index is 2.16. The lowest BCUT2D eigenvalue weighted by molar-refractivity contribution is 0.149. The zero-order valence-corrected chi connectivity index (χ0v) is 9.70. The zero-order valence-electron chi connectivity index (χ0n) is 9.70. The first-order valence-corrected chi connectivity index (χ1v) is 5.68. The third-order valence-corrected chi connectivity index (χ3v) is 2.45. The van der Waals surface area contributed by atoms with Gasteiger partial charge in [-0.3, -0.25) is 0 Å². The van der Waals surface area contributed by atoms with Gasteiger partial charge in [-0.05, 0) is 18.4 Å². The van der Waals surface area contributed by atoms with E-state index in [2.05, 4.69) is 42.6 Å². The Morgan fingerprint density at radius 1 is 1.27 bits per heavy atom. The molecule has 1 aromatic rings. The number of hydrogen-bond donors (Lipinski definition) is 1. The second kappa shape index (κ2) is 7.43. The van der Waals surface area contributed by atoms with Crippen LogP contribution in [-0.2, 0) is 4.74 Å². The van der Waals surface area contributed by atoms with Crippen LogP contribution >= 0.6 is 0 Å². The lowest BCUT2D eigenvalue weighted by Gasteiger charge is -2.12. The summed E-state index contributed by atoms with van der Waals surface area (Å²) in [6, 6.07) is 10.6. The minimum atomic E-state index is 0.563. The van der Waals surface area contributed by atoms with Gasteiger partial charge in [0.15, 0.2) is 0 Å². The van der Waals surface area contributed by atoms with E-state index in [1.807, 2.05) is 6.92 Å². The fourth-order valence-corrected chi connectivity index (χ4v) is 1.51. The number of benzene rings is 1. The molecule has 1 atom stereocenters. The highest BCUT2D eigenvalue weighted by molar-refractivity contribution is 5.18. The van der Waals surface area contributed by atoms with E-state index in [-0.39, 0.29) is 0 Å². The van der Waals surface area contributed by atoms with Gasteiger partial charge in [0.1, 0.15) is 0 Å². The number of ether oxygens (including phenoxy) is 1. The maximum Gasteiger partial charge on any atom is 0.0590 e. The Morgan fingerprint density at radius 2 is 2.00 bits per heavy atom. The molecule has 2 heteroatoms. The van der Waals surface area contributed by atoms with Gasteiger partial charge in [-0.15, -0.1) is 0 Å². The summed E-state index contributed by atoms with van der Waals surface area (Å²) in [4.78, 5) is 0. The first kappa shape index (κ1) is 12.2. The molecule has 0 aliphatic rings. The van der Waals surface area contributed by atoms with E-state index in [4.69, 9.17) is 4.74 Å². The van der Waals surface area contributed by atoms with E-state index in [1.54, 1.807) is 0 Å². The predicted molar refractivity (Wildman–Crippen MR) is 64.2 cm³/mol. The summed E-state index contributed by atoms with van der Waals surface area (Å²) in [6.45, 7) is 7.81. The molecule has 0 fully saturated rings. The van der Waals surface area contributed by atoms with Crippen LogP contribution in [0.2, 0.25) is 0 Å². The smallest absolute Gasteiger partial charge is 0.0590 e. The molecule has 0 saturated carbocycles. The molecule has 0 saturated heterocycles. The van der Waals surface area contributed by atoms with E-state index >= 15 is 0 Å². The maximum atomic E-state index is 5.26. The molecule has 0 heterocycles. The summed E-state index contributed by atoms with van der Waals surface area (Å²) in [7, 11) is 0. The lowest BCUT2D eigenvalue weighted by atomic mass is 10.0. The zero-order chi connectivity index (χ0) is 10.9. The van der Waals surface area contributed by atoms with Crippen molar-refractivity contribution >= 4 is 0 Å². The van der Waals surface area contributed by atoms with Crippen molar-refractivity contribution in [3.8, 4) is 0 Å². The average molecular weight is 207 g/mol. The van der Waals surface area contributed by atoms with Crippen LogP contribution in [0.4, 0.5) is 0 Å². The van der Waals surface area contributed by atoms with Crippen molar-refractivity contribution in [3.05, 3.63) is 35.9 Å². The van der Waals surface area contributed by atoms with Crippen LogP contribution in [0.15, 0.2) is 30.3 Å². The fraction of sp³-hybridized carbons (Fsp3) is 0.538. The molecule has 1 rings (SSSR count). The quantitative estimate of drug-likeness (QED) is 0.693. The minimum Gasteiger partial charge on any atom is -0.380 e. The number of nitrogens with one attached hydrogen (secondary N) is 1. The summed E-state index contributed by atoms with van der Waals surface area (Å²) < 4.78 is 5.26. The van der Waals surface area contributed by atoms with Crippen LogP contribution in [0.25, 0.3) is 0 Å². The van der Waals surface area contributed by atoms with Crippen LogP contribution in [-0.4, -0.2) is 26.3 Å². The van der Waals surface area contributed by atoms with Crippen LogP contribution in [0.1, 0.15) is 25.3 Å². The van der Waals surface area contributed by atoms with Gasteiger partial charge in [-0.1, -0.05) is 37.3 Å². The van der Waals surface area contributed by atoms with E-state index < -0.39 is 0 Å². The first-order valence-electron chi connectivity index (χ1n) is 5.68. The molecule has 1 unspecified atom stereocenters. The van der Waals surface area contributed by atoms with Crippen molar-refractivity contribution in [1.29, 1.82) is 0 Å². The molecule has 1 N–H and O–H groups in total. The summed E-state index contributed by atoms with van der Waals surface area (Å²) >= 11 is 0. The van der Waals surface area contributed by atoms with E-state index in [1.165, 1.54) is 5.56 Å². The Morgan fingerprint density at radius 3 is 2.67 bits per heavy atom. The van der Waals surface area contributed by atoms with Gasteiger partial charge >= 0.3 is 0 Å². The van der Waals surface area contributed by atoms with Gasteiger partial charge in [0, 0.05) is 19.7 Å². The van der Waals surface area contributed by atoms with E-state index in [0.29, 0.717) is 5.92 Å². The van der Waals surface area contributed by atoms with Gasteiger partial charge in [-0.25, -0.2) is 0 Å². The van der Waals surface area contributed by atoms with Crippen molar-refractivity contribution in [2.75, 3.05) is 26.3 Å². The maximum absolute atomic E-state index is 5.26. The van der Waals surface area contributed by atoms with Gasteiger partial charge in [0.2, 0.25) is 0 Å². The summed E-state index contributed by atoms with van der Waals surface area (Å²) in [5, 5.41) is 3.39. The third-order valence-electron chi connectivity index (χ3n) is 2.45. The summed E-state index contributed by atoms with van der Waals surface area (Å²) in [5.41, 5.74) is 1.39. The van der Waals surface area contributed by atoms with Crippen LogP contribution in [0.3, 0.4) is 0 Å². The molecular weight excluding hydrogens is 186 g/mol. The molecule has 1 aromatic carbocycles. The van der Waals surface area contributed by atoms with Crippen molar-refractivity contribution < 1.29 is 4.74 Å². The molecular formula is C13H21NO. The number of rotatable bonds is 7. The Kier molecular flexibility index (Phi) is 6.05. The molecule has 0 aliphatic heterocycles. The van der Waals surface area contributed by atoms with Gasteiger partial charge in [0.25, 0.3) is 0 Å². The average Bonchev–Trinajstić information content (AvgIpc) is 2.30. The normalized spacial score (nSPS) is 12.7. The highest BCUT2D eigenvalue weighted by Crippen LogP contribution is 2.12. The predicted octanol–water partition coefficient (Wildman–Crippen LogP) is 2.42. The van der Waals surface area contributed by atoms with Gasteiger partial charge in [-0.2, -0.15) is 0 Å². The topological polar surface area (TPSA) is 21.3 Å². The summed E-state index contributed by atoms with van der Waals surface area (Å²) in [6.07, 6.45) is 0. The molecule has 0 aromatic heterocycles. The van der Waals surface area contributed by atoms with Crippen LogP contribution in [0.5, 0.6) is 0 Å². The third kappa shape index (κ3) is 4.96. The molecule has 0 amide bonds. The standard InChI is InChI=1S/C13H21NO/c1-3-15-10-9-14-11-12(2)13-7-5-4-6-8-13/h4-8,12,14H,3,9-11H2,1-2H3. The molecule has 0 aliphatic carbocycles. The second-order valence-corrected chi connectivity index (χ2v) is 3.71. The lowest BCUT2D eigenvalue weighted by Crippen LogP contribution is -2.24. The van der Waals surface area contributed by atoms with Crippen molar-refractivity contribution in [3.63, 3.8) is 0 Å². The number of hydrogen-bond acceptors (Lipinski definition) is 2. The molecule has 15 heavy (non-hydrogen) atoms. The second-order valence-electron chi connectivity index (χ2n) is 3.71. The van der Waals surface area contributed by atoms with Gasteiger partial charge < -0.3 is 10.1 Å². The van der Waals surface area contributed by atoms with Crippen molar-refractivity contribution in [2.45, 2.75) is 19.8 Å². The Labute approximate surface area is 92.6 Å². The monoisotopic (exact) mass is 207 g/mol. The molecule has 0 spiro atoms. The van der Waals surface area contributed by atoms with Crippen LogP contribution in [0, 0.1) is 0 Å². The summed E-state index contributed by atoms with van der Waals surface area (Å²) in [5.74, 6) is 0.563. The molecule has 84 valence electrons. The largest absolute Gasteiger partial charge is 0.380 e. The first-order chi connectivity index (χ1) is 7.34. The Hall–Kier alpha value is -0.860. The molecule has 0 bridgehead atoms. The molecule has 0 radical (unpaired) electrons. The van der Waals surface area contributed by atoms with E-state index in [0.717, 1.165) is 26.3 Å². The van der Waals surface area contributed by atoms with Gasteiger partial charge in [0.05, 0.1) is 6.61 Å². The molecule has 2 nitrogen and oxygen atoms in total. The highest BCUT2D eigenvalue weighted by atomic mass is 16.5. The van der Waals surface area contributed by atoms with E-state index in [9.17, 15) is 0 Å². The Bertz CT molecular complexity index is 248. The van der Waals surface area contributed by atoms with Crippen molar-refractivity contribution in [2.24, 2.45) is 0 Å². The SMILES string of the molecule is CCOCCNCC(C)c1ccccc1. The fourth-order valence-electron chi connectivity index (χ4n) is 1.51. The van der Waals surface area contributed by atoms with Crippen LogP contribution < -0.4 is 5.32 Å².